The lowest BCUT2D eigenvalue weighted by molar-refractivity contribution is 0.660. The van der Waals surface area contributed by atoms with Gasteiger partial charge in [-0.15, -0.1) is 0 Å². The molecule has 0 bridgehead atoms. The molecule has 53 heavy (non-hydrogen) atoms. The number of anilines is 3. The van der Waals surface area contributed by atoms with Gasteiger partial charge in [-0.05, 0) is 99.1 Å². The van der Waals surface area contributed by atoms with E-state index in [4.69, 9.17) is 6.85 Å². The van der Waals surface area contributed by atoms with Crippen LogP contribution in [0.25, 0.3) is 60.9 Å². The fourth-order valence-electron chi connectivity index (χ4n) is 8.36. The fraction of sp³-hybridized carbons (Fsp3) is 0.0588. The summed E-state index contributed by atoms with van der Waals surface area (Å²) in [5, 5.41) is 2.32. The Bertz CT molecular complexity index is 3050. The summed E-state index contributed by atoms with van der Waals surface area (Å²) in [6, 6.07) is 55.8. The molecule has 0 radical (unpaired) electrons. The Balaban J connectivity index is 1.21. The lowest BCUT2D eigenvalue weighted by atomic mass is 9.82. The van der Waals surface area contributed by atoms with Crippen molar-refractivity contribution in [2.45, 2.75) is 19.3 Å². The minimum absolute atomic E-state index is 0.183. The van der Waals surface area contributed by atoms with Gasteiger partial charge in [-0.3, -0.25) is 0 Å². The van der Waals surface area contributed by atoms with Crippen LogP contribution >= 0.6 is 0 Å². The second kappa shape index (κ2) is 12.3. The van der Waals surface area contributed by atoms with Gasteiger partial charge in [-0.25, -0.2) is 0 Å². The molecule has 1 heterocycles. The Labute approximate surface area is 317 Å². The van der Waals surface area contributed by atoms with Crippen molar-refractivity contribution in [3.63, 3.8) is 0 Å². The third-order valence-electron chi connectivity index (χ3n) is 10.9. The van der Waals surface area contributed by atoms with Gasteiger partial charge in [0.15, 0.2) is 0 Å². The highest BCUT2D eigenvalue weighted by Crippen LogP contribution is 2.54. The van der Waals surface area contributed by atoms with E-state index in [1.807, 2.05) is 30.3 Å². The maximum Gasteiger partial charge on any atom is 0.0629 e. The molecule has 9 aromatic rings. The Kier molecular flexibility index (Phi) is 6.05. The molecule has 0 N–H and O–H groups in total. The minimum atomic E-state index is -0.401. The summed E-state index contributed by atoms with van der Waals surface area (Å²) in [5.74, 6) is 0. The van der Waals surface area contributed by atoms with E-state index < -0.39 is 6.04 Å². The van der Waals surface area contributed by atoms with E-state index in [1.54, 1.807) is 0 Å². The largest absolute Gasteiger partial charge is 0.310 e. The summed E-state index contributed by atoms with van der Waals surface area (Å²) in [6.45, 7) is 4.61. The molecule has 8 aromatic carbocycles. The summed E-state index contributed by atoms with van der Waals surface area (Å²) in [6.07, 6.45) is 0. The molecule has 0 saturated carbocycles. The van der Waals surface area contributed by atoms with Gasteiger partial charge in [0, 0.05) is 38.9 Å². The molecule has 1 aliphatic rings. The average Bonchev–Trinajstić information content (AvgIpc) is 3.71. The number of hydrogen-bond acceptors (Lipinski definition) is 1. The Morgan fingerprint density at radius 2 is 1.13 bits per heavy atom. The van der Waals surface area contributed by atoms with Crippen molar-refractivity contribution in [3.05, 3.63) is 205 Å². The van der Waals surface area contributed by atoms with E-state index in [0.29, 0.717) is 5.56 Å². The Morgan fingerprint density at radius 1 is 0.472 bits per heavy atom. The molecule has 0 amide bonds. The van der Waals surface area contributed by atoms with Crippen molar-refractivity contribution < 1.29 is 6.85 Å². The van der Waals surface area contributed by atoms with E-state index in [0.717, 1.165) is 39.2 Å². The van der Waals surface area contributed by atoms with Crippen LogP contribution in [0, 0.1) is 0 Å². The van der Waals surface area contributed by atoms with Crippen molar-refractivity contribution in [2.24, 2.45) is 0 Å². The van der Waals surface area contributed by atoms with Crippen molar-refractivity contribution in [1.82, 2.24) is 4.57 Å². The molecule has 10 rings (SSSR count). The molecule has 252 valence electrons. The number of benzene rings is 8. The number of nitrogens with zero attached hydrogens (tertiary/aromatic N) is 2. The summed E-state index contributed by atoms with van der Waals surface area (Å²) in [4.78, 5) is 2.26. The molecule has 0 fully saturated rings. The van der Waals surface area contributed by atoms with Gasteiger partial charge in [0.05, 0.1) is 17.9 Å². The Hall–Kier alpha value is -6.64. The van der Waals surface area contributed by atoms with Crippen LogP contribution in [0.5, 0.6) is 0 Å². The average molecular weight is 684 g/mol. The molecule has 0 aliphatic heterocycles. The molecule has 0 atom stereocenters. The first-order chi connectivity index (χ1) is 28.1. The van der Waals surface area contributed by atoms with Crippen molar-refractivity contribution in [1.29, 1.82) is 0 Å². The van der Waals surface area contributed by atoms with Crippen LogP contribution < -0.4 is 4.90 Å². The smallest absolute Gasteiger partial charge is 0.0629 e. The summed E-state index contributed by atoms with van der Waals surface area (Å²) in [5.41, 5.74) is 14.0. The third-order valence-corrected chi connectivity index (χ3v) is 10.9. The normalized spacial score (nSPS) is 14.2. The van der Waals surface area contributed by atoms with Crippen molar-refractivity contribution in [2.75, 3.05) is 4.90 Å². The molecular formula is C51H38N2. The van der Waals surface area contributed by atoms with E-state index in [2.05, 4.69) is 157 Å². The van der Waals surface area contributed by atoms with Gasteiger partial charge in [0.2, 0.25) is 0 Å². The first kappa shape index (κ1) is 26.2. The van der Waals surface area contributed by atoms with Gasteiger partial charge in [0.25, 0.3) is 0 Å². The number of aromatic nitrogens is 1. The van der Waals surface area contributed by atoms with Crippen LogP contribution in [0.15, 0.2) is 194 Å². The molecule has 0 saturated heterocycles. The van der Waals surface area contributed by atoms with E-state index >= 15 is 0 Å². The van der Waals surface area contributed by atoms with E-state index in [1.165, 1.54) is 38.8 Å². The van der Waals surface area contributed by atoms with Gasteiger partial charge in [-0.2, -0.15) is 0 Å². The van der Waals surface area contributed by atoms with Gasteiger partial charge < -0.3 is 9.47 Å². The van der Waals surface area contributed by atoms with Crippen LogP contribution in [-0.4, -0.2) is 4.57 Å². The molecule has 2 nitrogen and oxygen atoms in total. The monoisotopic (exact) mass is 683 g/mol. The molecular weight excluding hydrogens is 641 g/mol. The zero-order chi connectivity index (χ0) is 39.9. The maximum absolute atomic E-state index is 8.65. The number of hydrogen-bond donors (Lipinski definition) is 0. The molecule has 1 aromatic heterocycles. The van der Waals surface area contributed by atoms with E-state index in [-0.39, 0.29) is 35.1 Å². The van der Waals surface area contributed by atoms with Crippen LogP contribution in [0.3, 0.4) is 0 Å². The van der Waals surface area contributed by atoms with Crippen LogP contribution in [0.1, 0.15) is 31.8 Å². The first-order valence-corrected chi connectivity index (χ1v) is 18.0. The lowest BCUT2D eigenvalue weighted by Crippen LogP contribution is -2.15. The zero-order valence-corrected chi connectivity index (χ0v) is 29.5. The minimum Gasteiger partial charge on any atom is -0.310 e. The quantitative estimate of drug-likeness (QED) is 0.169. The van der Waals surface area contributed by atoms with Crippen LogP contribution in [0.4, 0.5) is 17.1 Å². The maximum atomic E-state index is 8.65. The van der Waals surface area contributed by atoms with E-state index in [9.17, 15) is 0 Å². The predicted octanol–water partition coefficient (Wildman–Crippen LogP) is 13.9. The van der Waals surface area contributed by atoms with Gasteiger partial charge >= 0.3 is 0 Å². The van der Waals surface area contributed by atoms with Crippen LogP contribution in [-0.2, 0) is 5.41 Å². The number of fused-ring (bicyclic) bond motifs is 6. The third kappa shape index (κ3) is 5.02. The Morgan fingerprint density at radius 3 is 1.92 bits per heavy atom. The van der Waals surface area contributed by atoms with Gasteiger partial charge in [0.1, 0.15) is 0 Å². The highest BCUT2D eigenvalue weighted by Gasteiger charge is 2.37. The number of para-hydroxylation sites is 2. The lowest BCUT2D eigenvalue weighted by Gasteiger charge is -2.27. The molecule has 2 heteroatoms. The number of rotatable bonds is 6. The summed E-state index contributed by atoms with van der Waals surface area (Å²) >= 11 is 0. The van der Waals surface area contributed by atoms with Crippen molar-refractivity contribution >= 4 is 38.9 Å². The predicted molar refractivity (Wildman–Crippen MR) is 224 cm³/mol. The summed E-state index contributed by atoms with van der Waals surface area (Å²) < 4.78 is 44.3. The molecule has 0 unspecified atom stereocenters. The highest BCUT2D eigenvalue weighted by molar-refractivity contribution is 6.10. The SMILES string of the molecule is [2H]c1c([2H])c([2H])c(-c2ccc(N(c3ccc4c(c3)-c3c(-c5ccccc5)cccc3C4(C)C)c3ccc4c5ccccc5n(-c5ccccc5)c4c3)cc2)c([2H])c1[2H]. The molecule has 1 aliphatic carbocycles. The van der Waals surface area contributed by atoms with Crippen molar-refractivity contribution in [3.8, 4) is 39.1 Å². The van der Waals surface area contributed by atoms with Gasteiger partial charge in [-0.1, -0.05) is 153 Å². The topological polar surface area (TPSA) is 8.17 Å². The zero-order valence-electron chi connectivity index (χ0n) is 34.5. The standard InChI is InChI=1S/C51H38N2/c1-51(2)46-32-30-40(33-45(46)50-42(22-14-23-47(50)51)37-17-8-4-9-18-37)52(39-27-25-36(26-28-39)35-15-6-3-7-16-35)41-29-31-44-43-21-12-13-24-48(43)53(49(44)34-41)38-19-10-5-11-20-38/h3-34H,1-2H3/i3D,6D,7D,15D,16D. The second-order valence-electron chi connectivity index (χ2n) is 14.2. The highest BCUT2D eigenvalue weighted by atomic mass is 15.1. The fourth-order valence-corrected chi connectivity index (χ4v) is 8.36. The molecule has 0 spiro atoms. The van der Waals surface area contributed by atoms with Crippen LogP contribution in [0.2, 0.25) is 0 Å². The first-order valence-electron chi connectivity index (χ1n) is 20.5. The summed E-state index contributed by atoms with van der Waals surface area (Å²) in [7, 11) is 0. The second-order valence-corrected chi connectivity index (χ2v) is 14.2.